The number of fused-ring (bicyclic) bond motifs is 1. The van der Waals surface area contributed by atoms with Gasteiger partial charge < -0.3 is 21.2 Å². The smallest absolute Gasteiger partial charge is 0.287 e. The second-order valence-electron chi connectivity index (χ2n) is 7.07. The summed E-state index contributed by atoms with van der Waals surface area (Å²) in [4.78, 5) is 12.3. The van der Waals surface area contributed by atoms with Gasteiger partial charge in [0, 0.05) is 23.6 Å². The molecule has 1 aromatic rings. The van der Waals surface area contributed by atoms with Crippen LogP contribution < -0.4 is 16.8 Å². The molecule has 0 saturated heterocycles. The van der Waals surface area contributed by atoms with Gasteiger partial charge >= 0.3 is 0 Å². The molecular weight excluding hydrogens is 294 g/mol. The molecule has 23 heavy (non-hydrogen) atoms. The van der Waals surface area contributed by atoms with Crippen molar-refractivity contribution in [3.63, 3.8) is 0 Å². The molecule has 1 aliphatic carbocycles. The Labute approximate surface area is 136 Å². The fourth-order valence-corrected chi connectivity index (χ4v) is 2.86. The van der Waals surface area contributed by atoms with E-state index in [1.165, 1.54) is 0 Å². The third-order valence-corrected chi connectivity index (χ3v) is 3.71. The van der Waals surface area contributed by atoms with Gasteiger partial charge in [0.1, 0.15) is 5.76 Å². The largest absolute Gasteiger partial charge is 0.455 e. The molecule has 0 aromatic carbocycles. The molecule has 0 radical (unpaired) electrons. The van der Waals surface area contributed by atoms with Gasteiger partial charge in [-0.15, -0.1) is 5.10 Å². The molecule has 1 aromatic heterocycles. The molecule has 0 spiro atoms. The Hall–Kier alpha value is -2.31. The Morgan fingerprint density at radius 3 is 2.52 bits per heavy atom. The van der Waals surface area contributed by atoms with E-state index >= 15 is 0 Å². The van der Waals surface area contributed by atoms with Gasteiger partial charge in [0.2, 0.25) is 5.96 Å². The van der Waals surface area contributed by atoms with Crippen molar-refractivity contribution in [3.8, 4) is 0 Å². The van der Waals surface area contributed by atoms with E-state index in [1.807, 2.05) is 20.8 Å². The van der Waals surface area contributed by atoms with E-state index in [-0.39, 0.29) is 23.3 Å². The van der Waals surface area contributed by atoms with Crippen LogP contribution in [0.5, 0.6) is 0 Å². The highest BCUT2D eigenvalue weighted by atomic mass is 16.4. The normalized spacial score (nSPS) is 17.9. The Bertz CT molecular complexity index is 679. The molecule has 0 atom stereocenters. The summed E-state index contributed by atoms with van der Waals surface area (Å²) in [6.07, 6.45) is 1.45. The maximum absolute atomic E-state index is 12.3. The lowest BCUT2D eigenvalue weighted by Gasteiger charge is -2.29. The number of nitrogens with zero attached hydrogens (tertiary/aromatic N) is 2. The number of carbonyl (C=O) groups excluding carboxylic acids is 1. The highest BCUT2D eigenvalue weighted by Crippen LogP contribution is 2.38. The first-order chi connectivity index (χ1) is 10.6. The summed E-state index contributed by atoms with van der Waals surface area (Å²) in [7, 11) is 0. The van der Waals surface area contributed by atoms with Crippen LogP contribution in [0.25, 0.3) is 0 Å². The van der Waals surface area contributed by atoms with Crippen molar-refractivity contribution in [1.29, 1.82) is 0 Å². The Kier molecular flexibility index (Phi) is 4.49. The van der Waals surface area contributed by atoms with Crippen molar-refractivity contribution < 1.29 is 9.21 Å². The molecule has 0 saturated carbocycles. The third kappa shape index (κ3) is 3.72. The summed E-state index contributed by atoms with van der Waals surface area (Å²) in [6, 6.07) is 0.0373. The number of hydrogen-bond acceptors (Lipinski definition) is 4. The topological polar surface area (TPSA) is 119 Å². The summed E-state index contributed by atoms with van der Waals surface area (Å²) in [5.41, 5.74) is 13.1. The van der Waals surface area contributed by atoms with Gasteiger partial charge in [0.15, 0.2) is 5.76 Å². The number of nitrogens with two attached hydrogens (primary N) is 2. The third-order valence-electron chi connectivity index (χ3n) is 3.71. The molecule has 0 aliphatic heterocycles. The van der Waals surface area contributed by atoms with Crippen molar-refractivity contribution in [3.05, 3.63) is 22.6 Å². The van der Waals surface area contributed by atoms with Gasteiger partial charge in [-0.25, -0.2) is 0 Å². The molecule has 0 unspecified atom stereocenters. The average Bonchev–Trinajstić information content (AvgIpc) is 2.70. The summed E-state index contributed by atoms with van der Waals surface area (Å²) in [5, 5.41) is 10.8. The zero-order valence-electron chi connectivity index (χ0n) is 14.4. The van der Waals surface area contributed by atoms with E-state index in [0.29, 0.717) is 12.2 Å². The Balaban J connectivity index is 2.52. The Morgan fingerprint density at radius 1 is 1.30 bits per heavy atom. The summed E-state index contributed by atoms with van der Waals surface area (Å²) < 4.78 is 5.87. The number of rotatable bonds is 3. The standard InChI is InChI=1S/C16H25N5O2/c1-8(2)19-14(22)13-9(3)12-10(20-21-15(17)18)6-16(4,5)7-11(12)23-13/h8H,6-7H2,1-5H3,(H,19,22)(H4,17,18,21)/b20-10-. The van der Waals surface area contributed by atoms with E-state index in [4.69, 9.17) is 15.9 Å². The number of carbonyl (C=O) groups is 1. The van der Waals surface area contributed by atoms with Gasteiger partial charge in [-0.05, 0) is 32.6 Å². The second-order valence-corrected chi connectivity index (χ2v) is 7.07. The maximum atomic E-state index is 12.3. The predicted molar refractivity (Wildman–Crippen MR) is 90.5 cm³/mol. The number of hydrogen-bond donors (Lipinski definition) is 3. The lowest BCUT2D eigenvalue weighted by atomic mass is 9.75. The van der Waals surface area contributed by atoms with E-state index in [1.54, 1.807) is 0 Å². The molecule has 126 valence electrons. The monoisotopic (exact) mass is 319 g/mol. The maximum Gasteiger partial charge on any atom is 0.287 e. The molecule has 2 rings (SSSR count). The molecule has 5 N–H and O–H groups in total. The minimum absolute atomic E-state index is 0.0373. The molecule has 1 aliphatic rings. The van der Waals surface area contributed by atoms with Crippen LogP contribution >= 0.6 is 0 Å². The first-order valence-electron chi connectivity index (χ1n) is 7.69. The molecule has 7 heteroatoms. The fraction of sp³-hybridized carbons (Fsp3) is 0.562. The second kappa shape index (κ2) is 6.06. The van der Waals surface area contributed by atoms with Gasteiger partial charge in [-0.1, -0.05) is 13.8 Å². The number of amides is 1. The van der Waals surface area contributed by atoms with Gasteiger partial charge in [0.05, 0.1) is 5.71 Å². The number of guanidine groups is 1. The van der Waals surface area contributed by atoms with Gasteiger partial charge in [-0.3, -0.25) is 4.79 Å². The van der Waals surface area contributed by atoms with Crippen molar-refractivity contribution in [2.24, 2.45) is 27.1 Å². The van der Waals surface area contributed by atoms with Crippen molar-refractivity contribution >= 4 is 17.6 Å². The highest BCUT2D eigenvalue weighted by molar-refractivity contribution is 6.07. The van der Waals surface area contributed by atoms with Crippen LogP contribution in [0.1, 0.15) is 61.6 Å². The van der Waals surface area contributed by atoms with E-state index < -0.39 is 0 Å². The molecule has 1 heterocycles. The minimum atomic E-state index is -0.217. The van der Waals surface area contributed by atoms with Crippen LogP contribution in [0.2, 0.25) is 0 Å². The number of furan rings is 1. The summed E-state index contributed by atoms with van der Waals surface area (Å²) in [5.74, 6) is 0.781. The molecule has 1 amide bonds. The van der Waals surface area contributed by atoms with E-state index in [0.717, 1.165) is 29.0 Å². The van der Waals surface area contributed by atoms with Crippen molar-refractivity contribution in [2.45, 2.75) is 53.5 Å². The Morgan fingerprint density at radius 2 is 1.96 bits per heavy atom. The van der Waals surface area contributed by atoms with Crippen LogP contribution in [-0.4, -0.2) is 23.6 Å². The van der Waals surface area contributed by atoms with Crippen molar-refractivity contribution in [2.75, 3.05) is 0 Å². The van der Waals surface area contributed by atoms with E-state index in [9.17, 15) is 4.79 Å². The van der Waals surface area contributed by atoms with Crippen molar-refractivity contribution in [1.82, 2.24) is 5.32 Å². The lowest BCUT2D eigenvalue weighted by Crippen LogP contribution is -2.30. The van der Waals surface area contributed by atoms with E-state index in [2.05, 4.69) is 29.4 Å². The van der Waals surface area contributed by atoms with Gasteiger partial charge in [0.25, 0.3) is 5.91 Å². The fourth-order valence-electron chi connectivity index (χ4n) is 2.86. The summed E-state index contributed by atoms with van der Waals surface area (Å²) >= 11 is 0. The molecular formula is C16H25N5O2. The van der Waals surface area contributed by atoms with Crippen LogP contribution in [-0.2, 0) is 6.42 Å². The van der Waals surface area contributed by atoms with Crippen LogP contribution in [0.15, 0.2) is 14.6 Å². The quantitative estimate of drug-likeness (QED) is 0.446. The minimum Gasteiger partial charge on any atom is -0.455 e. The van der Waals surface area contributed by atoms with Crippen LogP contribution in [0.4, 0.5) is 0 Å². The van der Waals surface area contributed by atoms with Crippen LogP contribution in [0, 0.1) is 12.3 Å². The molecule has 0 bridgehead atoms. The number of nitrogens with one attached hydrogen (secondary N) is 1. The SMILES string of the molecule is Cc1c(C(=O)NC(C)C)oc2c1/C(=N\N=C(N)N)CC(C)(C)C2. The first kappa shape index (κ1) is 17.1. The van der Waals surface area contributed by atoms with Crippen LogP contribution in [0.3, 0.4) is 0 Å². The predicted octanol–water partition coefficient (Wildman–Crippen LogP) is 1.68. The zero-order valence-corrected chi connectivity index (χ0v) is 14.4. The molecule has 7 nitrogen and oxygen atoms in total. The average molecular weight is 319 g/mol. The highest BCUT2D eigenvalue weighted by Gasteiger charge is 2.36. The van der Waals surface area contributed by atoms with Gasteiger partial charge in [-0.2, -0.15) is 5.10 Å². The summed E-state index contributed by atoms with van der Waals surface area (Å²) in [6.45, 7) is 9.91. The zero-order chi connectivity index (χ0) is 17.4. The lowest BCUT2D eigenvalue weighted by molar-refractivity contribution is 0.0911. The molecule has 0 fully saturated rings. The first-order valence-corrected chi connectivity index (χ1v) is 7.69.